The maximum Gasteiger partial charge on any atom is 0.350 e. The van der Waals surface area contributed by atoms with Gasteiger partial charge in [0.1, 0.15) is 0 Å². The Bertz CT molecular complexity index is 883. The number of amides is 1. The summed E-state index contributed by atoms with van der Waals surface area (Å²) in [6.45, 7) is 1.04. The van der Waals surface area contributed by atoms with Gasteiger partial charge in [0.2, 0.25) is 5.91 Å². The van der Waals surface area contributed by atoms with Crippen LogP contribution < -0.4 is 11.0 Å². The van der Waals surface area contributed by atoms with Gasteiger partial charge in [-0.1, -0.05) is 36.4 Å². The predicted molar refractivity (Wildman–Crippen MR) is 96.5 cm³/mol. The third-order valence-corrected chi connectivity index (χ3v) is 4.07. The fraction of sp³-hybridized carbons (Fsp3) is 0.316. The smallest absolute Gasteiger partial charge is 0.350 e. The molecule has 1 N–H and O–H groups in total. The monoisotopic (exact) mass is 338 g/mol. The molecule has 3 rings (SSSR count). The summed E-state index contributed by atoms with van der Waals surface area (Å²) in [7, 11) is 0. The van der Waals surface area contributed by atoms with Gasteiger partial charge in [0.15, 0.2) is 5.65 Å². The second-order valence-corrected chi connectivity index (χ2v) is 5.98. The van der Waals surface area contributed by atoms with Crippen molar-refractivity contribution in [1.29, 1.82) is 0 Å². The molecule has 0 atom stereocenters. The zero-order valence-corrected chi connectivity index (χ0v) is 14.1. The molecule has 1 aromatic carbocycles. The SMILES string of the molecule is O=C(CCCc1ccccc1)NCCCn1nc2ccccn2c1=O. The molecule has 2 heterocycles. The Morgan fingerprint density at radius 3 is 2.64 bits per heavy atom. The zero-order valence-electron chi connectivity index (χ0n) is 14.1. The Morgan fingerprint density at radius 2 is 1.84 bits per heavy atom. The second kappa shape index (κ2) is 8.28. The number of pyridine rings is 1. The van der Waals surface area contributed by atoms with E-state index in [0.29, 0.717) is 31.6 Å². The standard InChI is InChI=1S/C19H22N4O2/c24-18(12-6-10-16-8-2-1-3-9-16)20-13-7-15-23-19(25)22-14-5-4-11-17(22)21-23/h1-5,8-9,11,14H,6-7,10,12-13,15H2,(H,20,24). The van der Waals surface area contributed by atoms with Crippen LogP contribution in [0.25, 0.3) is 5.65 Å². The Labute approximate surface area is 146 Å². The molecule has 6 nitrogen and oxygen atoms in total. The number of benzene rings is 1. The van der Waals surface area contributed by atoms with Gasteiger partial charge in [0.25, 0.3) is 0 Å². The molecule has 0 aliphatic heterocycles. The summed E-state index contributed by atoms with van der Waals surface area (Å²) in [6.07, 6.45) is 4.64. The lowest BCUT2D eigenvalue weighted by Gasteiger charge is -2.05. The molecule has 6 heteroatoms. The van der Waals surface area contributed by atoms with Crippen molar-refractivity contribution < 1.29 is 4.79 Å². The first kappa shape index (κ1) is 17.0. The zero-order chi connectivity index (χ0) is 17.5. The average molecular weight is 338 g/mol. The fourth-order valence-electron chi connectivity index (χ4n) is 2.76. The highest BCUT2D eigenvalue weighted by atomic mass is 16.2. The van der Waals surface area contributed by atoms with E-state index in [1.165, 1.54) is 14.6 Å². The molecule has 3 aromatic rings. The van der Waals surface area contributed by atoms with E-state index in [1.807, 2.05) is 24.3 Å². The normalized spacial score (nSPS) is 10.9. The quantitative estimate of drug-likeness (QED) is 0.639. The Morgan fingerprint density at radius 1 is 1.04 bits per heavy atom. The third-order valence-electron chi connectivity index (χ3n) is 4.07. The first-order valence-electron chi connectivity index (χ1n) is 8.59. The van der Waals surface area contributed by atoms with Crippen LogP contribution >= 0.6 is 0 Å². The Kier molecular flexibility index (Phi) is 5.61. The summed E-state index contributed by atoms with van der Waals surface area (Å²) in [5, 5.41) is 7.17. The number of hydrogen-bond donors (Lipinski definition) is 1. The van der Waals surface area contributed by atoms with E-state index in [2.05, 4.69) is 22.5 Å². The average Bonchev–Trinajstić information content (AvgIpc) is 2.96. The van der Waals surface area contributed by atoms with Crippen LogP contribution in [-0.4, -0.2) is 26.6 Å². The summed E-state index contributed by atoms with van der Waals surface area (Å²) in [5.41, 5.74) is 1.74. The number of rotatable bonds is 8. The van der Waals surface area contributed by atoms with Gasteiger partial charge in [-0.3, -0.25) is 9.20 Å². The first-order valence-corrected chi connectivity index (χ1v) is 8.59. The van der Waals surface area contributed by atoms with E-state index >= 15 is 0 Å². The van der Waals surface area contributed by atoms with Gasteiger partial charge in [-0.15, -0.1) is 5.10 Å². The number of aryl methyl sites for hydroxylation is 2. The maximum absolute atomic E-state index is 12.1. The number of carbonyl (C=O) groups is 1. The molecule has 0 fully saturated rings. The fourth-order valence-corrected chi connectivity index (χ4v) is 2.76. The van der Waals surface area contributed by atoms with Crippen LogP contribution in [0.3, 0.4) is 0 Å². The van der Waals surface area contributed by atoms with E-state index in [0.717, 1.165) is 12.8 Å². The highest BCUT2D eigenvalue weighted by molar-refractivity contribution is 5.75. The van der Waals surface area contributed by atoms with Crippen LogP contribution in [0.4, 0.5) is 0 Å². The van der Waals surface area contributed by atoms with Crippen molar-refractivity contribution in [3.63, 3.8) is 0 Å². The molecule has 0 aliphatic rings. The van der Waals surface area contributed by atoms with E-state index in [4.69, 9.17) is 0 Å². The highest BCUT2D eigenvalue weighted by Crippen LogP contribution is 2.04. The largest absolute Gasteiger partial charge is 0.356 e. The minimum absolute atomic E-state index is 0.0540. The number of carbonyl (C=O) groups excluding carboxylic acids is 1. The Balaban J connectivity index is 1.37. The van der Waals surface area contributed by atoms with Crippen LogP contribution in [-0.2, 0) is 17.8 Å². The topological polar surface area (TPSA) is 68.4 Å². The van der Waals surface area contributed by atoms with Crippen molar-refractivity contribution in [2.75, 3.05) is 6.54 Å². The Hall–Kier alpha value is -2.89. The summed E-state index contributed by atoms with van der Waals surface area (Å²) in [6, 6.07) is 15.6. The molecule has 0 unspecified atom stereocenters. The maximum atomic E-state index is 12.1. The van der Waals surface area contributed by atoms with Gasteiger partial charge in [-0.2, -0.15) is 0 Å². The molecule has 0 saturated carbocycles. The van der Waals surface area contributed by atoms with Crippen molar-refractivity contribution in [2.24, 2.45) is 0 Å². The molecule has 0 saturated heterocycles. The van der Waals surface area contributed by atoms with Gasteiger partial charge in [-0.25, -0.2) is 9.48 Å². The lowest BCUT2D eigenvalue weighted by Crippen LogP contribution is -2.27. The van der Waals surface area contributed by atoms with Crippen molar-refractivity contribution in [3.05, 3.63) is 70.8 Å². The van der Waals surface area contributed by atoms with Gasteiger partial charge in [0, 0.05) is 25.7 Å². The molecule has 1 amide bonds. The minimum atomic E-state index is -0.148. The lowest BCUT2D eigenvalue weighted by molar-refractivity contribution is -0.121. The van der Waals surface area contributed by atoms with Gasteiger partial charge >= 0.3 is 5.69 Å². The van der Waals surface area contributed by atoms with Crippen LogP contribution in [0.2, 0.25) is 0 Å². The van der Waals surface area contributed by atoms with E-state index in [1.54, 1.807) is 18.3 Å². The molecular formula is C19H22N4O2. The molecule has 0 aliphatic carbocycles. The summed E-state index contributed by atoms with van der Waals surface area (Å²) in [5.74, 6) is 0.0540. The van der Waals surface area contributed by atoms with Crippen molar-refractivity contribution >= 4 is 11.6 Å². The number of hydrogen-bond acceptors (Lipinski definition) is 3. The van der Waals surface area contributed by atoms with Crippen LogP contribution in [0.5, 0.6) is 0 Å². The summed E-state index contributed by atoms with van der Waals surface area (Å²) < 4.78 is 2.96. The van der Waals surface area contributed by atoms with E-state index < -0.39 is 0 Å². The highest BCUT2D eigenvalue weighted by Gasteiger charge is 2.06. The molecule has 0 radical (unpaired) electrons. The minimum Gasteiger partial charge on any atom is -0.356 e. The van der Waals surface area contributed by atoms with Gasteiger partial charge in [0.05, 0.1) is 0 Å². The number of fused-ring (bicyclic) bond motifs is 1. The number of nitrogens with zero attached hydrogens (tertiary/aromatic N) is 3. The number of nitrogens with one attached hydrogen (secondary N) is 1. The second-order valence-electron chi connectivity index (χ2n) is 5.98. The predicted octanol–water partition coefficient (Wildman–Crippen LogP) is 2.03. The summed E-state index contributed by atoms with van der Waals surface area (Å²) >= 11 is 0. The summed E-state index contributed by atoms with van der Waals surface area (Å²) in [4.78, 5) is 24.0. The van der Waals surface area contributed by atoms with Crippen LogP contribution in [0.15, 0.2) is 59.5 Å². The molecule has 0 spiro atoms. The van der Waals surface area contributed by atoms with Crippen LogP contribution in [0, 0.1) is 0 Å². The van der Waals surface area contributed by atoms with E-state index in [-0.39, 0.29) is 11.6 Å². The van der Waals surface area contributed by atoms with Crippen molar-refractivity contribution in [2.45, 2.75) is 32.2 Å². The van der Waals surface area contributed by atoms with Crippen LogP contribution in [0.1, 0.15) is 24.8 Å². The molecule has 2 aromatic heterocycles. The van der Waals surface area contributed by atoms with Crippen molar-refractivity contribution in [3.8, 4) is 0 Å². The molecule has 130 valence electrons. The third kappa shape index (κ3) is 4.56. The first-order chi connectivity index (χ1) is 12.2. The molecule has 0 bridgehead atoms. The van der Waals surface area contributed by atoms with E-state index in [9.17, 15) is 9.59 Å². The van der Waals surface area contributed by atoms with Crippen molar-refractivity contribution in [1.82, 2.24) is 19.5 Å². The number of aromatic nitrogens is 3. The molecule has 25 heavy (non-hydrogen) atoms. The van der Waals surface area contributed by atoms with Gasteiger partial charge < -0.3 is 5.32 Å². The van der Waals surface area contributed by atoms with Gasteiger partial charge in [-0.05, 0) is 37.0 Å². The molecular weight excluding hydrogens is 316 g/mol. The lowest BCUT2D eigenvalue weighted by atomic mass is 10.1.